The fraction of sp³-hybridized carbons (Fsp3) is 0.286. The van der Waals surface area contributed by atoms with Crippen molar-refractivity contribution in [3.8, 4) is 0 Å². The number of amides is 2. The molecule has 0 fully saturated rings. The summed E-state index contributed by atoms with van der Waals surface area (Å²) >= 11 is 5.11. The van der Waals surface area contributed by atoms with Crippen LogP contribution in [0.4, 0.5) is 0 Å². The number of carbonyl (C=O) groups is 2. The van der Waals surface area contributed by atoms with Gasteiger partial charge < -0.3 is 10.2 Å². The molecule has 3 aromatic rings. The summed E-state index contributed by atoms with van der Waals surface area (Å²) in [5.41, 5.74) is 4.45. The number of hydrogen-bond donors (Lipinski definition) is 1. The van der Waals surface area contributed by atoms with Crippen LogP contribution in [-0.2, 0) is 28.3 Å². The van der Waals surface area contributed by atoms with Crippen molar-refractivity contribution in [2.24, 2.45) is 0 Å². The van der Waals surface area contributed by atoms with Gasteiger partial charge in [-0.15, -0.1) is 11.8 Å². The van der Waals surface area contributed by atoms with Gasteiger partial charge in [0.25, 0.3) is 0 Å². The summed E-state index contributed by atoms with van der Waals surface area (Å²) in [6.07, 6.45) is 0.467. The molecule has 0 aliphatic rings. The van der Waals surface area contributed by atoms with Gasteiger partial charge >= 0.3 is 0 Å². The van der Waals surface area contributed by atoms with Gasteiger partial charge in [-0.05, 0) is 48.2 Å². The van der Waals surface area contributed by atoms with Crippen LogP contribution in [0, 0.1) is 6.92 Å². The maximum absolute atomic E-state index is 13.6. The Morgan fingerprint density at radius 2 is 1.68 bits per heavy atom. The van der Waals surface area contributed by atoms with Crippen molar-refractivity contribution in [1.82, 2.24) is 10.2 Å². The molecule has 0 unspecified atom stereocenters. The van der Waals surface area contributed by atoms with Gasteiger partial charge in [0.1, 0.15) is 6.04 Å². The minimum Gasteiger partial charge on any atom is -0.355 e. The van der Waals surface area contributed by atoms with Crippen LogP contribution in [0.2, 0.25) is 0 Å². The molecule has 0 spiro atoms. The number of hydrogen-bond acceptors (Lipinski definition) is 3. The van der Waals surface area contributed by atoms with Crippen molar-refractivity contribution < 1.29 is 9.59 Å². The monoisotopic (exact) mass is 538 g/mol. The lowest BCUT2D eigenvalue weighted by Gasteiger charge is -2.31. The molecule has 0 saturated heterocycles. The van der Waals surface area contributed by atoms with Gasteiger partial charge in [0, 0.05) is 29.7 Å². The molecule has 0 radical (unpaired) electrons. The van der Waals surface area contributed by atoms with E-state index < -0.39 is 6.04 Å². The topological polar surface area (TPSA) is 49.4 Å². The van der Waals surface area contributed by atoms with E-state index in [4.69, 9.17) is 0 Å². The van der Waals surface area contributed by atoms with Crippen molar-refractivity contribution in [2.45, 2.75) is 38.6 Å². The van der Waals surface area contributed by atoms with Crippen LogP contribution in [0.15, 0.2) is 83.3 Å². The number of nitrogens with zero attached hydrogens (tertiary/aromatic N) is 1. The van der Waals surface area contributed by atoms with Gasteiger partial charge in [-0.2, -0.15) is 0 Å². The summed E-state index contributed by atoms with van der Waals surface area (Å²) in [5, 5.41) is 2.94. The predicted molar refractivity (Wildman–Crippen MR) is 145 cm³/mol. The molecule has 4 nitrogen and oxygen atoms in total. The maximum atomic E-state index is 13.6. The number of halogens is 1. The average molecular weight is 540 g/mol. The quantitative estimate of drug-likeness (QED) is 0.337. The maximum Gasteiger partial charge on any atom is 0.243 e. The van der Waals surface area contributed by atoms with Gasteiger partial charge in [-0.25, -0.2) is 0 Å². The normalized spacial score (nSPS) is 11.6. The molecule has 178 valence electrons. The van der Waals surface area contributed by atoms with E-state index in [1.54, 1.807) is 16.7 Å². The van der Waals surface area contributed by atoms with Crippen LogP contribution in [0.3, 0.4) is 0 Å². The van der Waals surface area contributed by atoms with Gasteiger partial charge in [0.2, 0.25) is 11.8 Å². The molecule has 0 aromatic heterocycles. The summed E-state index contributed by atoms with van der Waals surface area (Å²) in [4.78, 5) is 28.5. The Hall–Kier alpha value is -2.57. The summed E-state index contributed by atoms with van der Waals surface area (Å²) in [6, 6.07) is 25.4. The van der Waals surface area contributed by atoms with Crippen LogP contribution in [0.1, 0.15) is 29.2 Å². The molecule has 2 amide bonds. The van der Waals surface area contributed by atoms with Crippen molar-refractivity contribution >= 4 is 39.5 Å². The number of aryl methyl sites for hydroxylation is 1. The second-order valence-corrected chi connectivity index (χ2v) is 10.1. The smallest absolute Gasteiger partial charge is 0.243 e. The summed E-state index contributed by atoms with van der Waals surface area (Å²) < 4.78 is 0.948. The zero-order valence-electron chi connectivity index (χ0n) is 19.7. The minimum atomic E-state index is -0.590. The first-order valence-corrected chi connectivity index (χ1v) is 13.4. The Morgan fingerprint density at radius 3 is 2.38 bits per heavy atom. The highest BCUT2D eigenvalue weighted by atomic mass is 79.9. The molecule has 3 aromatic carbocycles. The molecule has 0 saturated carbocycles. The Labute approximate surface area is 215 Å². The van der Waals surface area contributed by atoms with Crippen LogP contribution >= 0.6 is 27.7 Å². The van der Waals surface area contributed by atoms with E-state index in [1.807, 2.05) is 73.7 Å². The lowest BCUT2D eigenvalue weighted by Crippen LogP contribution is -2.51. The highest BCUT2D eigenvalue weighted by Gasteiger charge is 2.30. The van der Waals surface area contributed by atoms with Gasteiger partial charge in [0.15, 0.2) is 0 Å². The molecule has 1 N–H and O–H groups in total. The minimum absolute atomic E-state index is 0.0363. The lowest BCUT2D eigenvalue weighted by molar-refractivity contribution is -0.139. The van der Waals surface area contributed by atoms with E-state index >= 15 is 0 Å². The third-order valence-electron chi connectivity index (χ3n) is 5.61. The molecule has 0 heterocycles. The number of carbonyl (C=O) groups excluding carboxylic acids is 2. The van der Waals surface area contributed by atoms with E-state index in [0.29, 0.717) is 25.3 Å². The van der Waals surface area contributed by atoms with Gasteiger partial charge in [-0.3, -0.25) is 9.59 Å². The van der Waals surface area contributed by atoms with Gasteiger partial charge in [-0.1, -0.05) is 82.7 Å². The standard InChI is InChI=1S/C28H31BrN2O2S/c1-3-30-28(33)26(17-22-11-5-4-6-12-22)31(18-23-13-9-15-25(29)16-23)27(32)20-34-19-24-14-8-7-10-21(24)2/h4-16,26H,3,17-20H2,1-2H3,(H,30,33)/t26-/m0/s1. The largest absolute Gasteiger partial charge is 0.355 e. The molecular formula is C28H31BrN2O2S. The molecule has 3 rings (SSSR count). The SMILES string of the molecule is CCNC(=O)[C@H](Cc1ccccc1)N(Cc1cccc(Br)c1)C(=O)CSCc1ccccc1C. The number of benzene rings is 3. The van der Waals surface area contributed by atoms with E-state index in [-0.39, 0.29) is 11.8 Å². The average Bonchev–Trinajstić information content (AvgIpc) is 2.83. The first kappa shape index (κ1) is 26.0. The van der Waals surface area contributed by atoms with E-state index in [9.17, 15) is 9.59 Å². The van der Waals surface area contributed by atoms with Crippen LogP contribution in [0.25, 0.3) is 0 Å². The molecule has 0 aliphatic heterocycles. The summed E-state index contributed by atoms with van der Waals surface area (Å²) in [5.74, 6) is 0.907. The van der Waals surface area contributed by atoms with E-state index in [2.05, 4.69) is 40.3 Å². The number of nitrogens with one attached hydrogen (secondary N) is 1. The van der Waals surface area contributed by atoms with Crippen molar-refractivity contribution in [1.29, 1.82) is 0 Å². The molecule has 6 heteroatoms. The highest BCUT2D eigenvalue weighted by Crippen LogP contribution is 2.21. The van der Waals surface area contributed by atoms with Gasteiger partial charge in [0.05, 0.1) is 5.75 Å². The van der Waals surface area contributed by atoms with Crippen LogP contribution < -0.4 is 5.32 Å². The van der Waals surface area contributed by atoms with Crippen LogP contribution in [-0.4, -0.2) is 35.1 Å². The zero-order valence-corrected chi connectivity index (χ0v) is 22.1. The fourth-order valence-corrected chi connectivity index (χ4v) is 5.21. The Bertz CT molecular complexity index is 1090. The number of likely N-dealkylation sites (N-methyl/N-ethyl adjacent to an activating group) is 1. The summed E-state index contributed by atoms with van der Waals surface area (Å²) in [6.45, 7) is 4.88. The first-order chi connectivity index (χ1) is 16.5. The molecular weight excluding hydrogens is 508 g/mol. The fourth-order valence-electron chi connectivity index (χ4n) is 3.78. The molecule has 0 aliphatic carbocycles. The van der Waals surface area contributed by atoms with E-state index in [0.717, 1.165) is 21.4 Å². The van der Waals surface area contributed by atoms with E-state index in [1.165, 1.54) is 11.1 Å². The first-order valence-electron chi connectivity index (χ1n) is 11.5. The van der Waals surface area contributed by atoms with Crippen molar-refractivity contribution in [2.75, 3.05) is 12.3 Å². The third-order valence-corrected chi connectivity index (χ3v) is 7.07. The Kier molecular flexibility index (Phi) is 10.2. The molecule has 0 bridgehead atoms. The highest BCUT2D eigenvalue weighted by molar-refractivity contribution is 9.10. The number of rotatable bonds is 11. The van der Waals surface area contributed by atoms with Crippen LogP contribution in [0.5, 0.6) is 0 Å². The molecule has 34 heavy (non-hydrogen) atoms. The lowest BCUT2D eigenvalue weighted by atomic mass is 10.0. The second-order valence-electron chi connectivity index (χ2n) is 8.17. The van der Waals surface area contributed by atoms with Crippen molar-refractivity contribution in [3.63, 3.8) is 0 Å². The third kappa shape index (κ3) is 7.74. The summed E-state index contributed by atoms with van der Waals surface area (Å²) in [7, 11) is 0. The predicted octanol–water partition coefficient (Wildman–Crippen LogP) is 5.77. The van der Waals surface area contributed by atoms with Crippen molar-refractivity contribution in [3.05, 3.63) is 106 Å². The Morgan fingerprint density at radius 1 is 0.971 bits per heavy atom. The Balaban J connectivity index is 1.83. The molecule has 1 atom stereocenters. The zero-order chi connectivity index (χ0) is 24.3. The second kappa shape index (κ2) is 13.4. The number of thioether (sulfide) groups is 1.